The van der Waals surface area contributed by atoms with Crippen LogP contribution in [-0.2, 0) is 0 Å². The van der Waals surface area contributed by atoms with E-state index < -0.39 is 0 Å². The predicted molar refractivity (Wildman–Crippen MR) is 59.6 cm³/mol. The summed E-state index contributed by atoms with van der Waals surface area (Å²) in [5.74, 6) is 0.503. The number of aryl methyl sites for hydroxylation is 1. The number of hydrogen-bond acceptors (Lipinski definition) is 4. The first-order chi connectivity index (χ1) is 7.61. The van der Waals surface area contributed by atoms with E-state index in [1.165, 1.54) is 6.20 Å². The van der Waals surface area contributed by atoms with Crippen LogP contribution in [0.3, 0.4) is 0 Å². The third-order valence-corrected chi connectivity index (χ3v) is 2.47. The van der Waals surface area contributed by atoms with Crippen LogP contribution in [0.2, 0.25) is 0 Å². The Kier molecular flexibility index (Phi) is 2.40. The monoisotopic (exact) mass is 216 g/mol. The van der Waals surface area contributed by atoms with Crippen molar-refractivity contribution in [2.45, 2.75) is 13.8 Å². The van der Waals surface area contributed by atoms with Gasteiger partial charge in [-0.1, -0.05) is 0 Å². The van der Waals surface area contributed by atoms with Gasteiger partial charge in [-0.3, -0.25) is 9.98 Å². The maximum atomic E-state index is 7.48. The van der Waals surface area contributed by atoms with E-state index in [0.717, 1.165) is 11.4 Å². The Balaban J connectivity index is 2.64. The molecule has 16 heavy (non-hydrogen) atoms. The van der Waals surface area contributed by atoms with Crippen molar-refractivity contribution in [3.8, 4) is 5.82 Å². The quantitative estimate of drug-likeness (QED) is 0.566. The minimum absolute atomic E-state index is 0.0318. The highest BCUT2D eigenvalue weighted by molar-refractivity contribution is 5.97. The second-order valence-corrected chi connectivity index (χ2v) is 3.47. The van der Waals surface area contributed by atoms with Crippen molar-refractivity contribution in [1.29, 1.82) is 5.41 Å². The van der Waals surface area contributed by atoms with Gasteiger partial charge >= 0.3 is 0 Å². The molecule has 2 rings (SSSR count). The van der Waals surface area contributed by atoms with Crippen LogP contribution in [0.15, 0.2) is 18.6 Å². The molecule has 6 nitrogen and oxygen atoms in total. The molecule has 0 saturated heterocycles. The minimum atomic E-state index is -0.0318. The molecule has 82 valence electrons. The first kappa shape index (κ1) is 10.3. The molecule has 6 heteroatoms. The van der Waals surface area contributed by atoms with Gasteiger partial charge in [0.05, 0.1) is 17.5 Å². The van der Waals surface area contributed by atoms with Crippen molar-refractivity contribution in [1.82, 2.24) is 19.7 Å². The minimum Gasteiger partial charge on any atom is -0.384 e. The van der Waals surface area contributed by atoms with Gasteiger partial charge in [0.25, 0.3) is 0 Å². The lowest BCUT2D eigenvalue weighted by molar-refractivity contribution is 0.884. The highest BCUT2D eigenvalue weighted by Crippen LogP contribution is 2.14. The average molecular weight is 216 g/mol. The SMILES string of the molecule is Cc1ncn(-c2nnccc2C(=N)N)c1C. The van der Waals surface area contributed by atoms with Crippen molar-refractivity contribution >= 4 is 5.84 Å². The van der Waals surface area contributed by atoms with Gasteiger partial charge in [-0.05, 0) is 19.9 Å². The molecule has 0 saturated carbocycles. The maximum Gasteiger partial charge on any atom is 0.171 e. The zero-order valence-electron chi connectivity index (χ0n) is 9.10. The van der Waals surface area contributed by atoms with E-state index in [4.69, 9.17) is 11.1 Å². The van der Waals surface area contributed by atoms with Crippen LogP contribution in [0.4, 0.5) is 0 Å². The van der Waals surface area contributed by atoms with Gasteiger partial charge in [0.2, 0.25) is 0 Å². The Labute approximate surface area is 92.7 Å². The summed E-state index contributed by atoms with van der Waals surface area (Å²) in [6.45, 7) is 3.84. The molecule has 3 N–H and O–H groups in total. The number of nitrogen functional groups attached to an aromatic ring is 1. The Morgan fingerprint density at radius 1 is 1.44 bits per heavy atom. The summed E-state index contributed by atoms with van der Waals surface area (Å²) >= 11 is 0. The van der Waals surface area contributed by atoms with E-state index in [2.05, 4.69) is 15.2 Å². The molecule has 0 spiro atoms. The van der Waals surface area contributed by atoms with Crippen LogP contribution in [0.1, 0.15) is 17.0 Å². The summed E-state index contributed by atoms with van der Waals surface area (Å²) in [6.07, 6.45) is 3.17. The number of nitrogens with two attached hydrogens (primary N) is 1. The van der Waals surface area contributed by atoms with Crippen molar-refractivity contribution in [2.24, 2.45) is 5.73 Å². The molecular formula is C10H12N6. The van der Waals surface area contributed by atoms with Crippen LogP contribution in [0.25, 0.3) is 5.82 Å². The first-order valence-corrected chi connectivity index (χ1v) is 4.78. The zero-order chi connectivity index (χ0) is 11.7. The lowest BCUT2D eigenvalue weighted by atomic mass is 10.2. The van der Waals surface area contributed by atoms with Crippen molar-refractivity contribution in [3.63, 3.8) is 0 Å². The number of hydrogen-bond donors (Lipinski definition) is 2. The molecule has 0 aliphatic carbocycles. The van der Waals surface area contributed by atoms with Gasteiger partial charge in [-0.25, -0.2) is 4.98 Å². The van der Waals surface area contributed by atoms with E-state index >= 15 is 0 Å². The first-order valence-electron chi connectivity index (χ1n) is 4.78. The van der Waals surface area contributed by atoms with Crippen molar-refractivity contribution in [3.05, 3.63) is 35.5 Å². The fourth-order valence-corrected chi connectivity index (χ4v) is 1.42. The molecule has 0 aliphatic rings. The van der Waals surface area contributed by atoms with Crippen LogP contribution < -0.4 is 5.73 Å². The van der Waals surface area contributed by atoms with Crippen LogP contribution in [0, 0.1) is 19.3 Å². The fraction of sp³-hybridized carbons (Fsp3) is 0.200. The number of nitrogens with zero attached hydrogens (tertiary/aromatic N) is 4. The number of nitrogens with one attached hydrogen (secondary N) is 1. The second-order valence-electron chi connectivity index (χ2n) is 3.47. The topological polar surface area (TPSA) is 93.5 Å². The number of rotatable bonds is 2. The highest BCUT2D eigenvalue weighted by atomic mass is 15.2. The van der Waals surface area contributed by atoms with Gasteiger partial charge in [0, 0.05) is 5.69 Å². The lowest BCUT2D eigenvalue weighted by Gasteiger charge is -2.08. The number of amidine groups is 1. The van der Waals surface area contributed by atoms with Gasteiger partial charge in [-0.15, -0.1) is 5.10 Å². The van der Waals surface area contributed by atoms with Gasteiger partial charge in [-0.2, -0.15) is 5.10 Å². The summed E-state index contributed by atoms with van der Waals surface area (Å²) in [7, 11) is 0. The van der Waals surface area contributed by atoms with Crippen LogP contribution >= 0.6 is 0 Å². The zero-order valence-corrected chi connectivity index (χ0v) is 9.10. The molecule has 0 fully saturated rings. The maximum absolute atomic E-state index is 7.48. The van der Waals surface area contributed by atoms with Crippen molar-refractivity contribution in [2.75, 3.05) is 0 Å². The number of imidazole rings is 1. The predicted octanol–water partition coefficient (Wildman–Crippen LogP) is 0.563. The van der Waals surface area contributed by atoms with Crippen molar-refractivity contribution < 1.29 is 0 Å². The molecular weight excluding hydrogens is 204 g/mol. The third kappa shape index (κ3) is 1.54. The van der Waals surface area contributed by atoms with Crippen LogP contribution in [0.5, 0.6) is 0 Å². The molecule has 0 aliphatic heterocycles. The van der Waals surface area contributed by atoms with E-state index in [-0.39, 0.29) is 5.84 Å². The molecule has 0 atom stereocenters. The molecule has 2 aromatic rings. The Morgan fingerprint density at radius 2 is 2.19 bits per heavy atom. The Morgan fingerprint density at radius 3 is 2.75 bits per heavy atom. The van der Waals surface area contributed by atoms with E-state index in [9.17, 15) is 0 Å². The normalized spacial score (nSPS) is 10.4. The molecule has 0 unspecified atom stereocenters. The standard InChI is InChI=1S/C10H12N6/c1-6-7(2)16(5-13-6)10-8(9(11)12)3-4-14-15-10/h3-5H,1-2H3,(H3,11,12). The summed E-state index contributed by atoms with van der Waals surface area (Å²) in [6, 6.07) is 1.67. The van der Waals surface area contributed by atoms with E-state index in [0.29, 0.717) is 11.4 Å². The summed E-state index contributed by atoms with van der Waals surface area (Å²) in [5, 5.41) is 15.3. The molecule has 0 radical (unpaired) electrons. The summed E-state index contributed by atoms with van der Waals surface area (Å²) in [4.78, 5) is 4.18. The molecule has 0 aromatic carbocycles. The number of aromatic nitrogens is 4. The third-order valence-electron chi connectivity index (χ3n) is 2.47. The Bertz CT molecular complexity index is 542. The Hall–Kier alpha value is -2.24. The molecule has 0 bridgehead atoms. The largest absolute Gasteiger partial charge is 0.384 e. The average Bonchev–Trinajstić information content (AvgIpc) is 2.60. The second kappa shape index (κ2) is 3.73. The summed E-state index contributed by atoms with van der Waals surface area (Å²) in [5.41, 5.74) is 7.92. The fourth-order valence-electron chi connectivity index (χ4n) is 1.42. The van der Waals surface area contributed by atoms with Gasteiger partial charge < -0.3 is 5.73 Å². The summed E-state index contributed by atoms with van der Waals surface area (Å²) < 4.78 is 1.78. The van der Waals surface area contributed by atoms with E-state index in [1.807, 2.05) is 13.8 Å². The molecule has 0 amide bonds. The van der Waals surface area contributed by atoms with Crippen LogP contribution in [-0.4, -0.2) is 25.6 Å². The molecule has 2 aromatic heterocycles. The van der Waals surface area contributed by atoms with Gasteiger partial charge in [0.15, 0.2) is 5.82 Å². The lowest BCUT2D eigenvalue weighted by Crippen LogP contribution is -2.16. The van der Waals surface area contributed by atoms with E-state index in [1.54, 1.807) is 17.0 Å². The highest BCUT2D eigenvalue weighted by Gasteiger charge is 2.12. The molecule has 2 heterocycles. The van der Waals surface area contributed by atoms with Gasteiger partial charge in [0.1, 0.15) is 12.2 Å². The smallest absolute Gasteiger partial charge is 0.171 e.